The van der Waals surface area contributed by atoms with E-state index in [1.807, 2.05) is 22.6 Å². The second-order valence-corrected chi connectivity index (χ2v) is 10.8. The summed E-state index contributed by atoms with van der Waals surface area (Å²) in [6.45, 7) is -2.04. The Kier molecular flexibility index (Phi) is 11.0. The van der Waals surface area contributed by atoms with E-state index in [9.17, 15) is 32.7 Å². The van der Waals surface area contributed by atoms with Crippen LogP contribution in [0.2, 0.25) is 0 Å². The Morgan fingerprint density at radius 3 is 2.54 bits per heavy atom. The molecule has 3 atom stereocenters. The van der Waals surface area contributed by atoms with E-state index >= 15 is 0 Å². The maximum atomic E-state index is 13.7. The summed E-state index contributed by atoms with van der Waals surface area (Å²) >= 11 is 1.89. The zero-order chi connectivity index (χ0) is 28.7. The van der Waals surface area contributed by atoms with Gasteiger partial charge in [-0.25, -0.2) is 0 Å². The molecule has 1 fully saturated rings. The number of halogens is 4. The monoisotopic (exact) mass is 668 g/mol. The van der Waals surface area contributed by atoms with Gasteiger partial charge in [-0.2, -0.15) is 13.2 Å². The van der Waals surface area contributed by atoms with Crippen molar-refractivity contribution in [2.75, 3.05) is 26.8 Å². The van der Waals surface area contributed by atoms with Crippen molar-refractivity contribution < 1.29 is 47.2 Å². The van der Waals surface area contributed by atoms with Crippen LogP contribution in [0.3, 0.4) is 0 Å². The van der Waals surface area contributed by atoms with Crippen molar-refractivity contribution in [2.24, 2.45) is 5.92 Å². The molecule has 2 aliphatic carbocycles. The molecule has 9 nitrogen and oxygen atoms in total. The fourth-order valence-corrected chi connectivity index (χ4v) is 5.75. The van der Waals surface area contributed by atoms with Crippen LogP contribution < -0.4 is 14.8 Å². The lowest BCUT2D eigenvalue weighted by Gasteiger charge is -2.41. The Bertz CT molecular complexity index is 1080. The topological polar surface area (TPSA) is 125 Å². The number of amides is 2. The normalized spacial score (nSPS) is 21.7. The molecule has 2 amide bonds. The lowest BCUT2D eigenvalue weighted by Crippen LogP contribution is -2.57. The first kappa shape index (κ1) is 31.1. The zero-order valence-electron chi connectivity index (χ0n) is 21.4. The van der Waals surface area contributed by atoms with E-state index < -0.39 is 42.8 Å². The number of aldehydes is 1. The van der Waals surface area contributed by atoms with Crippen molar-refractivity contribution in [1.29, 1.82) is 0 Å². The quantitative estimate of drug-likeness (QED) is 0.245. The molecule has 3 unspecified atom stereocenters. The first-order valence-electron chi connectivity index (χ1n) is 12.6. The van der Waals surface area contributed by atoms with Crippen LogP contribution in [-0.4, -0.2) is 84.4 Å². The average molecular weight is 668 g/mol. The number of methoxy groups -OCH3 is 1. The van der Waals surface area contributed by atoms with Crippen LogP contribution in [0, 0.1) is 9.49 Å². The van der Waals surface area contributed by atoms with Crippen molar-refractivity contribution in [1.82, 2.24) is 10.2 Å². The number of nitrogens with one attached hydrogen (secondary N) is 1. The van der Waals surface area contributed by atoms with Gasteiger partial charge in [0.1, 0.15) is 25.0 Å². The van der Waals surface area contributed by atoms with Crippen LogP contribution in [0.1, 0.15) is 48.9 Å². The molecule has 216 valence electrons. The first-order chi connectivity index (χ1) is 18.5. The molecule has 0 saturated heterocycles. The number of ether oxygens (including phenoxy) is 2. The van der Waals surface area contributed by atoms with E-state index in [2.05, 4.69) is 5.32 Å². The third-order valence-electron chi connectivity index (χ3n) is 6.86. The Labute approximate surface area is 237 Å². The second-order valence-electron chi connectivity index (χ2n) is 9.66. The largest absolute Gasteiger partial charge is 0.493 e. The van der Waals surface area contributed by atoms with Crippen LogP contribution >= 0.6 is 22.6 Å². The van der Waals surface area contributed by atoms with Crippen molar-refractivity contribution in [3.63, 3.8) is 0 Å². The fourth-order valence-electron chi connectivity index (χ4n) is 5.00. The molecule has 1 aromatic carbocycles. The summed E-state index contributed by atoms with van der Waals surface area (Å²) in [7, 11) is 1.34. The van der Waals surface area contributed by atoms with Gasteiger partial charge in [-0.15, -0.1) is 0 Å². The molecule has 0 aliphatic heterocycles. The van der Waals surface area contributed by atoms with Crippen molar-refractivity contribution in [3.8, 4) is 11.5 Å². The van der Waals surface area contributed by atoms with Crippen LogP contribution in [0.4, 0.5) is 13.2 Å². The summed E-state index contributed by atoms with van der Waals surface area (Å²) in [6.07, 6.45) is -2.94. The maximum absolute atomic E-state index is 13.7. The van der Waals surface area contributed by atoms with Gasteiger partial charge in [-0.05, 0) is 59.6 Å². The number of hydrogen-bond donors (Lipinski definition) is 3. The molecule has 3 rings (SSSR count). The predicted octanol–water partition coefficient (Wildman–Crippen LogP) is 3.00. The highest BCUT2D eigenvalue weighted by Gasteiger charge is 2.45. The summed E-state index contributed by atoms with van der Waals surface area (Å²) in [4.78, 5) is 37.9. The van der Waals surface area contributed by atoms with E-state index in [1.165, 1.54) is 25.3 Å². The molecule has 1 aromatic rings. The lowest BCUT2D eigenvalue weighted by molar-refractivity contribution is -0.173. The van der Waals surface area contributed by atoms with Crippen molar-refractivity contribution >= 4 is 40.7 Å². The molecular weight excluding hydrogens is 636 g/mol. The van der Waals surface area contributed by atoms with E-state index in [1.54, 1.807) is 0 Å². The van der Waals surface area contributed by atoms with Gasteiger partial charge in [0.15, 0.2) is 11.5 Å². The number of aliphatic hydroxyl groups excluding tert-OH is 2. The van der Waals surface area contributed by atoms with Gasteiger partial charge in [-0.1, -0.05) is 12.8 Å². The first-order valence-corrected chi connectivity index (χ1v) is 13.7. The predicted molar refractivity (Wildman–Crippen MR) is 142 cm³/mol. The molecule has 0 aromatic heterocycles. The summed E-state index contributed by atoms with van der Waals surface area (Å²) in [5, 5.41) is 22.9. The SMILES string of the molecule is COc1cc(C=O)cc(I)c1OC1C=C(C(=O)NCCO)CC(N(CC(F)(F)F)C(=O)CC2CCCC2)C1O. The minimum Gasteiger partial charge on any atom is -0.493 e. The lowest BCUT2D eigenvalue weighted by atomic mass is 9.87. The summed E-state index contributed by atoms with van der Waals surface area (Å²) < 4.78 is 52.8. The number of hydrogen-bond acceptors (Lipinski definition) is 7. The highest BCUT2D eigenvalue weighted by atomic mass is 127. The van der Waals surface area contributed by atoms with Gasteiger partial charge in [0, 0.05) is 30.5 Å². The molecule has 0 heterocycles. The standard InChI is InChI=1S/C26H32F3IN2O7/c1-38-21-9-16(13-34)8-18(30)24(21)39-20-12-17(25(37)31-6-7-33)11-19(23(20)36)32(14-26(27,28)29)22(35)10-15-4-2-3-5-15/h8-9,12-13,15,19-20,23,33,36H,2-7,10-11,14H2,1H3,(H,31,37). The molecule has 39 heavy (non-hydrogen) atoms. The van der Waals surface area contributed by atoms with Crippen LogP contribution in [-0.2, 0) is 9.59 Å². The van der Waals surface area contributed by atoms with Gasteiger partial charge in [0.05, 0.1) is 23.3 Å². The minimum absolute atomic E-state index is 0.00285. The van der Waals surface area contributed by atoms with Gasteiger partial charge in [-0.3, -0.25) is 14.4 Å². The fraction of sp³-hybridized carbons (Fsp3) is 0.577. The van der Waals surface area contributed by atoms with Crippen molar-refractivity contribution in [3.05, 3.63) is 32.9 Å². The number of aliphatic hydroxyl groups is 2. The van der Waals surface area contributed by atoms with Gasteiger partial charge < -0.3 is 29.9 Å². The molecule has 13 heteroatoms. The average Bonchev–Trinajstić information content (AvgIpc) is 3.40. The molecular formula is C26H32F3IN2O7. The number of carbonyl (C=O) groups is 3. The number of benzene rings is 1. The number of alkyl halides is 3. The van der Waals surface area contributed by atoms with E-state index in [0.717, 1.165) is 25.7 Å². The van der Waals surface area contributed by atoms with Gasteiger partial charge in [0.25, 0.3) is 0 Å². The van der Waals surface area contributed by atoms with Gasteiger partial charge >= 0.3 is 6.18 Å². The van der Waals surface area contributed by atoms with Crippen LogP contribution in [0.5, 0.6) is 11.5 Å². The Balaban J connectivity index is 2.00. The summed E-state index contributed by atoms with van der Waals surface area (Å²) in [5.41, 5.74) is 0.294. The molecule has 0 spiro atoms. The van der Waals surface area contributed by atoms with E-state index in [0.29, 0.717) is 20.3 Å². The maximum Gasteiger partial charge on any atom is 0.406 e. The minimum atomic E-state index is -4.74. The van der Waals surface area contributed by atoms with Crippen molar-refractivity contribution in [2.45, 2.75) is 63.0 Å². The zero-order valence-corrected chi connectivity index (χ0v) is 23.5. The summed E-state index contributed by atoms with van der Waals surface area (Å²) in [6, 6.07) is 1.48. The number of rotatable bonds is 11. The summed E-state index contributed by atoms with van der Waals surface area (Å²) in [5.74, 6) is -1.20. The number of nitrogens with zero attached hydrogens (tertiary/aromatic N) is 1. The highest BCUT2D eigenvalue weighted by Crippen LogP contribution is 2.38. The second kappa shape index (κ2) is 13.8. The third kappa shape index (κ3) is 8.30. The van der Waals surface area contributed by atoms with E-state index in [4.69, 9.17) is 14.6 Å². The smallest absolute Gasteiger partial charge is 0.406 e. The van der Waals surface area contributed by atoms with Crippen LogP contribution in [0.25, 0.3) is 0 Å². The molecule has 1 saturated carbocycles. The van der Waals surface area contributed by atoms with E-state index in [-0.39, 0.29) is 49.0 Å². The Morgan fingerprint density at radius 1 is 1.26 bits per heavy atom. The number of carbonyl (C=O) groups excluding carboxylic acids is 3. The highest BCUT2D eigenvalue weighted by molar-refractivity contribution is 14.1. The molecule has 0 radical (unpaired) electrons. The molecule has 2 aliphatic rings. The molecule has 3 N–H and O–H groups in total. The van der Waals surface area contributed by atoms with Gasteiger partial charge in [0.2, 0.25) is 11.8 Å². The third-order valence-corrected chi connectivity index (χ3v) is 7.67. The molecule has 0 bridgehead atoms. The Hall–Kier alpha value is -2.39. The van der Waals surface area contributed by atoms with Crippen LogP contribution in [0.15, 0.2) is 23.8 Å². The Morgan fingerprint density at radius 2 is 1.95 bits per heavy atom.